The number of hydrogen-bond acceptors (Lipinski definition) is 6. The molecule has 6 rings (SSSR count). The number of hydrogen-bond donors (Lipinski definition) is 0. The van der Waals surface area contributed by atoms with Crippen LogP contribution in [0.15, 0.2) is 85.3 Å². The molecule has 0 saturated carbocycles. The van der Waals surface area contributed by atoms with Crippen molar-refractivity contribution in [2.75, 3.05) is 11.4 Å². The molecule has 0 atom stereocenters. The van der Waals surface area contributed by atoms with Crippen LogP contribution < -0.4 is 9.64 Å². The average molecular weight is 466 g/mol. The zero-order valence-corrected chi connectivity index (χ0v) is 19.0. The van der Waals surface area contributed by atoms with Gasteiger partial charge in [-0.1, -0.05) is 17.7 Å². The average Bonchev–Trinajstić information content (AvgIpc) is 3.30. The minimum absolute atomic E-state index is 0.390. The molecule has 4 heterocycles. The normalized spacial score (nSPS) is 12.7. The van der Waals surface area contributed by atoms with Gasteiger partial charge in [0.15, 0.2) is 5.82 Å². The largest absolute Gasteiger partial charge is 0.487 e. The zero-order chi connectivity index (χ0) is 22.9. The molecule has 166 valence electrons. The molecule has 0 unspecified atom stereocenters. The number of pyridine rings is 2. The van der Waals surface area contributed by atoms with E-state index in [1.807, 2.05) is 60.7 Å². The third kappa shape index (κ3) is 3.93. The summed E-state index contributed by atoms with van der Waals surface area (Å²) >= 11 is 6.25. The van der Waals surface area contributed by atoms with Gasteiger partial charge in [0.25, 0.3) is 0 Å². The Balaban J connectivity index is 1.46. The lowest BCUT2D eigenvalue weighted by Crippen LogP contribution is -2.16. The molecule has 0 aliphatic carbocycles. The maximum atomic E-state index is 6.25. The van der Waals surface area contributed by atoms with Gasteiger partial charge in [0.2, 0.25) is 0 Å². The van der Waals surface area contributed by atoms with Gasteiger partial charge in [-0.15, -0.1) is 0 Å². The van der Waals surface area contributed by atoms with Gasteiger partial charge in [-0.2, -0.15) is 0 Å². The highest BCUT2D eigenvalue weighted by Gasteiger charge is 2.25. The zero-order valence-electron chi connectivity index (χ0n) is 18.2. The number of aromatic nitrogens is 4. The topological polar surface area (TPSA) is 64.0 Å². The highest BCUT2D eigenvalue weighted by Crippen LogP contribution is 2.39. The minimum atomic E-state index is 0.390. The second kappa shape index (κ2) is 8.72. The van der Waals surface area contributed by atoms with E-state index in [0.717, 1.165) is 57.4 Å². The van der Waals surface area contributed by atoms with E-state index < -0.39 is 0 Å². The number of anilines is 2. The standard InChI is InChI=1S/C27H20ClN5O/c28-20-6-9-25-18(14-20)10-13-33(25)27-23-15-22(34-17-21-5-1-2-12-30-21)7-8-24(23)31-26(32-27)19-4-3-11-29-16-19/h1-9,11-12,14-16H,10,13,17H2. The fourth-order valence-corrected chi connectivity index (χ4v) is 4.44. The third-order valence-electron chi connectivity index (χ3n) is 5.87. The van der Waals surface area contributed by atoms with E-state index in [4.69, 9.17) is 26.3 Å². The summed E-state index contributed by atoms with van der Waals surface area (Å²) in [6, 6.07) is 21.6. The van der Waals surface area contributed by atoms with Gasteiger partial charge in [-0.25, -0.2) is 9.97 Å². The number of nitrogens with zero attached hydrogens (tertiary/aromatic N) is 5. The monoisotopic (exact) mass is 465 g/mol. The summed E-state index contributed by atoms with van der Waals surface area (Å²) in [6.45, 7) is 1.20. The predicted octanol–water partition coefficient (Wildman–Crippen LogP) is 6.01. The first-order chi connectivity index (χ1) is 16.7. The van der Waals surface area contributed by atoms with Crippen molar-refractivity contribution in [3.05, 3.63) is 102 Å². The van der Waals surface area contributed by atoms with Crippen molar-refractivity contribution in [2.45, 2.75) is 13.0 Å². The van der Waals surface area contributed by atoms with Crippen LogP contribution in [0.5, 0.6) is 5.75 Å². The number of rotatable bonds is 5. The Labute approximate surface area is 201 Å². The van der Waals surface area contributed by atoms with Crippen molar-refractivity contribution in [3.8, 4) is 17.1 Å². The van der Waals surface area contributed by atoms with E-state index in [1.54, 1.807) is 18.6 Å². The Morgan fingerprint density at radius 1 is 0.941 bits per heavy atom. The summed E-state index contributed by atoms with van der Waals surface area (Å²) in [7, 11) is 0. The van der Waals surface area contributed by atoms with Crippen molar-refractivity contribution in [1.29, 1.82) is 0 Å². The van der Waals surface area contributed by atoms with Gasteiger partial charge < -0.3 is 9.64 Å². The van der Waals surface area contributed by atoms with Gasteiger partial charge >= 0.3 is 0 Å². The van der Waals surface area contributed by atoms with Crippen LogP contribution >= 0.6 is 11.6 Å². The highest BCUT2D eigenvalue weighted by molar-refractivity contribution is 6.30. The number of benzene rings is 2. The molecular weight excluding hydrogens is 446 g/mol. The Morgan fingerprint density at radius 3 is 2.76 bits per heavy atom. The molecule has 3 aromatic heterocycles. The smallest absolute Gasteiger partial charge is 0.163 e. The van der Waals surface area contributed by atoms with Crippen molar-refractivity contribution in [2.24, 2.45) is 0 Å². The summed E-state index contributed by atoms with van der Waals surface area (Å²) in [4.78, 5) is 20.7. The van der Waals surface area contributed by atoms with Gasteiger partial charge in [0.05, 0.1) is 11.2 Å². The minimum Gasteiger partial charge on any atom is -0.487 e. The van der Waals surface area contributed by atoms with Gasteiger partial charge in [-0.05, 0) is 72.6 Å². The lowest BCUT2D eigenvalue weighted by molar-refractivity contribution is 0.302. The fourth-order valence-electron chi connectivity index (χ4n) is 4.24. The SMILES string of the molecule is Clc1ccc2c(c1)CCN2c1nc(-c2cccnc2)nc2ccc(OCc3ccccn3)cc12. The van der Waals surface area contributed by atoms with Crippen molar-refractivity contribution >= 4 is 34.0 Å². The molecule has 34 heavy (non-hydrogen) atoms. The van der Waals surface area contributed by atoms with Crippen LogP contribution in [0.2, 0.25) is 5.02 Å². The summed E-state index contributed by atoms with van der Waals surface area (Å²) in [5.74, 6) is 2.22. The van der Waals surface area contributed by atoms with Crippen LogP contribution in [0.4, 0.5) is 11.5 Å². The van der Waals surface area contributed by atoms with Crippen LogP contribution in [0, 0.1) is 0 Å². The van der Waals surface area contributed by atoms with Crippen LogP contribution in [0.1, 0.15) is 11.3 Å². The molecule has 0 amide bonds. The molecule has 1 aliphatic heterocycles. The molecule has 5 aromatic rings. The quantitative estimate of drug-likeness (QED) is 0.316. The van der Waals surface area contributed by atoms with Crippen LogP contribution in [0.3, 0.4) is 0 Å². The molecule has 0 N–H and O–H groups in total. The summed E-state index contributed by atoms with van der Waals surface area (Å²) in [5, 5.41) is 1.67. The molecule has 6 nitrogen and oxygen atoms in total. The second-order valence-corrected chi connectivity index (χ2v) is 8.51. The van der Waals surface area contributed by atoms with Crippen LogP contribution in [0.25, 0.3) is 22.3 Å². The first-order valence-electron chi connectivity index (χ1n) is 11.1. The number of ether oxygens (including phenoxy) is 1. The summed E-state index contributed by atoms with van der Waals surface area (Å²) in [6.07, 6.45) is 6.20. The first kappa shape index (κ1) is 20.6. The number of fused-ring (bicyclic) bond motifs is 2. The Morgan fingerprint density at radius 2 is 1.91 bits per heavy atom. The molecule has 1 aliphatic rings. The predicted molar refractivity (Wildman–Crippen MR) is 133 cm³/mol. The second-order valence-electron chi connectivity index (χ2n) is 8.08. The van der Waals surface area contributed by atoms with E-state index >= 15 is 0 Å². The summed E-state index contributed by atoms with van der Waals surface area (Å²) < 4.78 is 6.05. The lowest BCUT2D eigenvalue weighted by atomic mass is 10.1. The lowest BCUT2D eigenvalue weighted by Gasteiger charge is -2.21. The van der Waals surface area contributed by atoms with E-state index in [0.29, 0.717) is 12.4 Å². The molecule has 0 saturated heterocycles. The fraction of sp³-hybridized carbons (Fsp3) is 0.111. The van der Waals surface area contributed by atoms with Gasteiger partial charge in [0, 0.05) is 46.8 Å². The molecule has 2 aromatic carbocycles. The van der Waals surface area contributed by atoms with E-state index in [1.165, 1.54) is 5.56 Å². The van der Waals surface area contributed by atoms with Gasteiger partial charge in [0.1, 0.15) is 18.2 Å². The molecule has 0 bridgehead atoms. The third-order valence-corrected chi connectivity index (χ3v) is 6.11. The molecule has 7 heteroatoms. The van der Waals surface area contributed by atoms with Crippen LogP contribution in [-0.4, -0.2) is 26.5 Å². The van der Waals surface area contributed by atoms with Crippen LogP contribution in [-0.2, 0) is 13.0 Å². The Kier molecular flexibility index (Phi) is 5.28. The first-order valence-corrected chi connectivity index (χ1v) is 11.4. The van der Waals surface area contributed by atoms with E-state index in [2.05, 4.69) is 20.9 Å². The van der Waals surface area contributed by atoms with Crippen molar-refractivity contribution in [1.82, 2.24) is 19.9 Å². The number of halogens is 1. The maximum absolute atomic E-state index is 6.25. The van der Waals surface area contributed by atoms with Gasteiger partial charge in [-0.3, -0.25) is 9.97 Å². The van der Waals surface area contributed by atoms with E-state index in [9.17, 15) is 0 Å². The molecular formula is C27H20ClN5O. The molecule has 0 spiro atoms. The molecule has 0 fully saturated rings. The summed E-state index contributed by atoms with van der Waals surface area (Å²) in [5.41, 5.74) is 4.91. The molecule has 0 radical (unpaired) electrons. The van der Waals surface area contributed by atoms with Crippen molar-refractivity contribution in [3.63, 3.8) is 0 Å². The maximum Gasteiger partial charge on any atom is 0.163 e. The van der Waals surface area contributed by atoms with Crippen molar-refractivity contribution < 1.29 is 4.74 Å². The highest BCUT2D eigenvalue weighted by atomic mass is 35.5. The Hall–Kier alpha value is -4.03. The Bertz CT molecular complexity index is 1480. The van der Waals surface area contributed by atoms with E-state index in [-0.39, 0.29) is 0 Å².